The second-order valence-corrected chi connectivity index (χ2v) is 3.42. The fraction of sp³-hybridized carbons (Fsp3) is 0.333. The SMILES string of the molecule is COc1cc(CO)cc(Br)c1C. The van der Waals surface area contributed by atoms with Crippen LogP contribution in [0, 0.1) is 6.92 Å². The van der Waals surface area contributed by atoms with Gasteiger partial charge in [0.05, 0.1) is 13.7 Å². The molecule has 0 bridgehead atoms. The van der Waals surface area contributed by atoms with Crippen molar-refractivity contribution in [2.24, 2.45) is 0 Å². The molecule has 2 nitrogen and oxygen atoms in total. The molecule has 0 atom stereocenters. The molecule has 0 radical (unpaired) electrons. The standard InChI is InChI=1S/C9H11BrO2/c1-6-8(10)3-7(5-11)4-9(6)12-2/h3-4,11H,5H2,1-2H3. The van der Waals surface area contributed by atoms with Gasteiger partial charge in [-0.2, -0.15) is 0 Å². The molecule has 12 heavy (non-hydrogen) atoms. The molecule has 66 valence electrons. The fourth-order valence-electron chi connectivity index (χ4n) is 1.01. The van der Waals surface area contributed by atoms with E-state index in [9.17, 15) is 0 Å². The highest BCUT2D eigenvalue weighted by atomic mass is 79.9. The van der Waals surface area contributed by atoms with E-state index >= 15 is 0 Å². The summed E-state index contributed by atoms with van der Waals surface area (Å²) in [5, 5.41) is 8.90. The van der Waals surface area contributed by atoms with E-state index in [4.69, 9.17) is 9.84 Å². The van der Waals surface area contributed by atoms with E-state index in [2.05, 4.69) is 15.9 Å². The van der Waals surface area contributed by atoms with Gasteiger partial charge in [0.15, 0.2) is 0 Å². The van der Waals surface area contributed by atoms with Crippen LogP contribution in [-0.2, 0) is 6.61 Å². The quantitative estimate of drug-likeness (QED) is 0.845. The highest BCUT2D eigenvalue weighted by Gasteiger charge is 2.04. The normalized spacial score (nSPS) is 10.0. The number of rotatable bonds is 2. The fourth-order valence-corrected chi connectivity index (χ4v) is 1.50. The summed E-state index contributed by atoms with van der Waals surface area (Å²) in [7, 11) is 1.62. The van der Waals surface area contributed by atoms with Crippen LogP contribution < -0.4 is 4.74 Å². The Labute approximate surface area is 80.3 Å². The molecule has 0 saturated carbocycles. The van der Waals surface area contributed by atoms with Gasteiger partial charge in [-0.1, -0.05) is 15.9 Å². The number of benzene rings is 1. The van der Waals surface area contributed by atoms with Crippen LogP contribution in [0.15, 0.2) is 16.6 Å². The third-order valence-corrected chi connectivity index (χ3v) is 2.58. The van der Waals surface area contributed by atoms with Crippen LogP contribution in [0.1, 0.15) is 11.1 Å². The summed E-state index contributed by atoms with van der Waals surface area (Å²) in [6.07, 6.45) is 0. The van der Waals surface area contributed by atoms with Gasteiger partial charge >= 0.3 is 0 Å². The number of aliphatic hydroxyl groups excluding tert-OH is 1. The zero-order valence-electron chi connectivity index (χ0n) is 7.10. The third kappa shape index (κ3) is 1.79. The summed E-state index contributed by atoms with van der Waals surface area (Å²) in [6.45, 7) is 2.00. The Morgan fingerprint density at radius 3 is 2.67 bits per heavy atom. The number of ether oxygens (including phenoxy) is 1. The van der Waals surface area contributed by atoms with Crippen molar-refractivity contribution in [2.45, 2.75) is 13.5 Å². The van der Waals surface area contributed by atoms with Crippen LogP contribution in [0.25, 0.3) is 0 Å². The molecule has 3 heteroatoms. The monoisotopic (exact) mass is 230 g/mol. The van der Waals surface area contributed by atoms with Gasteiger partial charge in [-0.25, -0.2) is 0 Å². The van der Waals surface area contributed by atoms with Crippen molar-refractivity contribution < 1.29 is 9.84 Å². The molecule has 0 aliphatic rings. The molecule has 1 rings (SSSR count). The van der Waals surface area contributed by atoms with Gasteiger partial charge in [-0.05, 0) is 24.6 Å². The first-order valence-electron chi connectivity index (χ1n) is 3.63. The number of hydrogen-bond acceptors (Lipinski definition) is 2. The van der Waals surface area contributed by atoms with Crippen LogP contribution in [0.5, 0.6) is 5.75 Å². The highest BCUT2D eigenvalue weighted by molar-refractivity contribution is 9.10. The minimum Gasteiger partial charge on any atom is -0.496 e. The van der Waals surface area contributed by atoms with E-state index in [1.165, 1.54) is 0 Å². The second-order valence-electron chi connectivity index (χ2n) is 2.56. The zero-order chi connectivity index (χ0) is 9.14. The molecule has 1 N–H and O–H groups in total. The Balaban J connectivity index is 3.19. The molecule has 0 spiro atoms. The second kappa shape index (κ2) is 3.92. The summed E-state index contributed by atoms with van der Waals surface area (Å²) in [5.41, 5.74) is 1.90. The maximum atomic E-state index is 8.90. The number of hydrogen-bond donors (Lipinski definition) is 1. The first-order valence-corrected chi connectivity index (χ1v) is 4.42. The van der Waals surface area contributed by atoms with Crippen molar-refractivity contribution in [1.82, 2.24) is 0 Å². The minimum atomic E-state index is 0.0369. The maximum absolute atomic E-state index is 8.90. The van der Waals surface area contributed by atoms with E-state index < -0.39 is 0 Å². The van der Waals surface area contributed by atoms with Crippen molar-refractivity contribution in [1.29, 1.82) is 0 Å². The van der Waals surface area contributed by atoms with Crippen LogP contribution >= 0.6 is 15.9 Å². The summed E-state index contributed by atoms with van der Waals surface area (Å²) < 4.78 is 6.09. The van der Waals surface area contributed by atoms with Crippen molar-refractivity contribution in [2.75, 3.05) is 7.11 Å². The zero-order valence-corrected chi connectivity index (χ0v) is 8.68. The molecule has 0 amide bonds. The Kier molecular flexibility index (Phi) is 3.12. The Bertz CT molecular complexity index is 284. The van der Waals surface area contributed by atoms with Gasteiger partial charge in [-0.3, -0.25) is 0 Å². The molecule has 0 aliphatic carbocycles. The van der Waals surface area contributed by atoms with Crippen molar-refractivity contribution in [3.8, 4) is 5.75 Å². The van der Waals surface area contributed by atoms with Crippen LogP contribution in [-0.4, -0.2) is 12.2 Å². The Morgan fingerprint density at radius 2 is 2.17 bits per heavy atom. The predicted molar refractivity (Wildman–Crippen MR) is 51.4 cm³/mol. The van der Waals surface area contributed by atoms with E-state index in [1.54, 1.807) is 7.11 Å². The summed E-state index contributed by atoms with van der Waals surface area (Å²) >= 11 is 3.39. The Hall–Kier alpha value is -0.540. The molecule has 1 aromatic carbocycles. The molecule has 1 aromatic rings. The first kappa shape index (κ1) is 9.55. The van der Waals surface area contributed by atoms with Crippen molar-refractivity contribution in [3.63, 3.8) is 0 Å². The lowest BCUT2D eigenvalue weighted by molar-refractivity contribution is 0.281. The molecule has 0 aromatic heterocycles. The van der Waals surface area contributed by atoms with Crippen LogP contribution in [0.3, 0.4) is 0 Å². The average molecular weight is 231 g/mol. The minimum absolute atomic E-state index is 0.0369. The largest absolute Gasteiger partial charge is 0.496 e. The van der Waals surface area contributed by atoms with Crippen molar-refractivity contribution in [3.05, 3.63) is 27.7 Å². The van der Waals surface area contributed by atoms with Gasteiger partial charge in [0.2, 0.25) is 0 Å². The van der Waals surface area contributed by atoms with Gasteiger partial charge in [-0.15, -0.1) is 0 Å². The summed E-state index contributed by atoms with van der Waals surface area (Å²) in [6, 6.07) is 3.72. The van der Waals surface area contributed by atoms with E-state index in [0.717, 1.165) is 21.3 Å². The molecule has 0 heterocycles. The number of aliphatic hydroxyl groups is 1. The topological polar surface area (TPSA) is 29.5 Å². The molecule has 0 fully saturated rings. The number of halogens is 1. The maximum Gasteiger partial charge on any atom is 0.123 e. The summed E-state index contributed by atoms with van der Waals surface area (Å²) in [5.74, 6) is 0.799. The van der Waals surface area contributed by atoms with Gasteiger partial charge in [0.25, 0.3) is 0 Å². The van der Waals surface area contributed by atoms with Crippen molar-refractivity contribution >= 4 is 15.9 Å². The molecular weight excluding hydrogens is 220 g/mol. The lowest BCUT2D eigenvalue weighted by Crippen LogP contribution is -1.91. The average Bonchev–Trinajstić information content (AvgIpc) is 2.09. The Morgan fingerprint density at radius 1 is 1.50 bits per heavy atom. The first-order chi connectivity index (χ1) is 5.69. The van der Waals surface area contributed by atoms with Crippen LogP contribution in [0.4, 0.5) is 0 Å². The van der Waals surface area contributed by atoms with Gasteiger partial charge in [0, 0.05) is 10.0 Å². The molecule has 0 saturated heterocycles. The van der Waals surface area contributed by atoms with Crippen LogP contribution in [0.2, 0.25) is 0 Å². The smallest absolute Gasteiger partial charge is 0.123 e. The van der Waals surface area contributed by atoms with E-state index in [1.807, 2.05) is 19.1 Å². The molecule has 0 aliphatic heterocycles. The predicted octanol–water partition coefficient (Wildman–Crippen LogP) is 2.26. The molecular formula is C9H11BrO2. The van der Waals surface area contributed by atoms with Gasteiger partial charge < -0.3 is 9.84 Å². The van der Waals surface area contributed by atoms with Gasteiger partial charge in [0.1, 0.15) is 5.75 Å². The molecule has 0 unspecified atom stereocenters. The third-order valence-electron chi connectivity index (χ3n) is 1.76. The lowest BCUT2D eigenvalue weighted by atomic mass is 10.1. The van der Waals surface area contributed by atoms with E-state index in [0.29, 0.717) is 0 Å². The lowest BCUT2D eigenvalue weighted by Gasteiger charge is -2.08. The summed E-state index contributed by atoms with van der Waals surface area (Å²) in [4.78, 5) is 0. The number of methoxy groups -OCH3 is 1. The highest BCUT2D eigenvalue weighted by Crippen LogP contribution is 2.27. The van der Waals surface area contributed by atoms with E-state index in [-0.39, 0.29) is 6.61 Å².